The standard InChI is InChI=1S/C10H13N5O5/c11-10-13-7-4(8(19)14-10)12-2-15(7)9-6(18)5(17)3(1-16)20-9/h2-3,5-6,9,16-18H,1H2,(H3,11,13,14,19)/t3-,5-,6-,9-/m1/s1/i2+1,4+1,7+1,8+1,10+1,11+1,12+1,13+1,14+1,15+1. The van der Waals surface area contributed by atoms with Gasteiger partial charge in [-0.1, -0.05) is 0 Å². The molecule has 3 heterocycles. The molecule has 0 saturated carbocycles. The van der Waals surface area contributed by atoms with Crippen LogP contribution in [0.15, 0.2) is 11.1 Å². The van der Waals surface area contributed by atoms with Gasteiger partial charge in [0, 0.05) is 0 Å². The van der Waals surface area contributed by atoms with Gasteiger partial charge in [0.05, 0.1) is 12.9 Å². The molecule has 108 valence electrons. The minimum atomic E-state index is -1.29. The Balaban J connectivity index is 2.09. The van der Waals surface area contributed by atoms with Gasteiger partial charge >= 0.3 is 0 Å². The summed E-state index contributed by atoms with van der Waals surface area (Å²) in [7, 11) is 0. The number of hydrogen-bond donors (Lipinski definition) is 5. The highest BCUT2D eigenvalue weighted by Crippen LogP contribution is 2.30. The molecule has 10 heteroatoms. The molecule has 1 aliphatic rings. The first-order valence-corrected chi connectivity index (χ1v) is 5.87. The Hall–Kier alpha value is -2.01. The predicted molar refractivity (Wildman–Crippen MR) is 65.6 cm³/mol. The molecule has 0 bridgehead atoms. The lowest BCUT2D eigenvalue weighted by molar-refractivity contribution is -0.0511. The van der Waals surface area contributed by atoms with Crippen molar-refractivity contribution in [2.75, 3.05) is 12.3 Å². The second-order valence-electron chi connectivity index (χ2n) is 4.50. The highest BCUT2D eigenvalue weighted by Gasteiger charge is 2.44. The number of ether oxygens (including phenoxy) is 1. The van der Waals surface area contributed by atoms with Gasteiger partial charge in [0.15, 0.2) is 17.4 Å². The number of imidazole rings is 1. The van der Waals surface area contributed by atoms with Gasteiger partial charge in [0.2, 0.25) is 5.95 Å². The number of aromatic amines is 1. The van der Waals surface area contributed by atoms with Crippen LogP contribution in [-0.2, 0) is 4.74 Å². The number of nitrogens with zero attached hydrogens (tertiary/aromatic N) is 3. The molecule has 10 nitrogen and oxygen atoms in total. The highest BCUT2D eigenvalue weighted by atomic mass is 16.6. The molecule has 0 aromatic carbocycles. The number of nitrogen functional groups attached to an aromatic ring is 1. The Kier molecular flexibility index (Phi) is 2.94. The minimum Gasteiger partial charge on any atom is -0.394 e. The number of anilines is 1. The Bertz CT molecular complexity index is 697. The lowest BCUT2D eigenvalue weighted by Crippen LogP contribution is -2.33. The molecular formula is C10H13N5O5. The second-order valence-corrected chi connectivity index (χ2v) is 4.50. The first kappa shape index (κ1) is 13.0. The molecule has 6 N–H and O–H groups in total. The van der Waals surface area contributed by atoms with Gasteiger partial charge in [-0.15, -0.1) is 0 Å². The van der Waals surface area contributed by atoms with Crippen LogP contribution in [0.1, 0.15) is 6.23 Å². The summed E-state index contributed by atoms with van der Waals surface area (Å²) in [5.74, 6) is -0.101. The molecule has 20 heavy (non-hydrogen) atoms. The van der Waals surface area contributed by atoms with E-state index < -0.39 is 36.7 Å². The van der Waals surface area contributed by atoms with E-state index in [4.69, 9.17) is 15.6 Å². The zero-order valence-electron chi connectivity index (χ0n) is 10.2. The van der Waals surface area contributed by atoms with E-state index in [0.29, 0.717) is 0 Å². The van der Waals surface area contributed by atoms with E-state index in [2.05, 4.69) is 15.0 Å². The van der Waals surface area contributed by atoms with Crippen LogP contribution >= 0.6 is 0 Å². The summed E-state index contributed by atoms with van der Waals surface area (Å²) in [5.41, 5.74) is 5.12. The Morgan fingerprint density at radius 2 is 2.20 bits per heavy atom. The number of nitrogens with one attached hydrogen (secondary N) is 1. The first-order chi connectivity index (χ1) is 9.52. The van der Waals surface area contributed by atoms with Crippen LogP contribution in [0.4, 0.5) is 5.95 Å². The zero-order chi connectivity index (χ0) is 14.4. The van der Waals surface area contributed by atoms with Crippen LogP contribution in [0, 0.1) is 0 Å². The van der Waals surface area contributed by atoms with Crippen molar-refractivity contribution >= 4 is 17.1 Å². The molecule has 0 spiro atoms. The third-order valence-corrected chi connectivity index (χ3v) is 3.24. The van der Waals surface area contributed by atoms with Crippen LogP contribution in [0.5, 0.6) is 0 Å². The van der Waals surface area contributed by atoms with Crippen molar-refractivity contribution in [2.24, 2.45) is 0 Å². The van der Waals surface area contributed by atoms with Crippen LogP contribution < -0.4 is 11.3 Å². The number of hydrogen-bond acceptors (Lipinski definition) is 8. The Morgan fingerprint density at radius 3 is 2.85 bits per heavy atom. The van der Waals surface area contributed by atoms with E-state index in [-0.39, 0.29) is 17.1 Å². The Morgan fingerprint density at radius 1 is 1.45 bits per heavy atom. The van der Waals surface area contributed by atoms with E-state index in [9.17, 15) is 15.0 Å². The van der Waals surface area contributed by atoms with Gasteiger partial charge in [0.1, 0.15) is 18.3 Å². The van der Waals surface area contributed by atoms with Crippen molar-refractivity contribution in [1.82, 2.24) is 19.5 Å². The van der Waals surface area contributed by atoms with Crippen molar-refractivity contribution in [3.63, 3.8) is 0 Å². The molecule has 0 radical (unpaired) electrons. The summed E-state index contributed by atoms with van der Waals surface area (Å²) in [6.45, 7) is -0.447. The largest absolute Gasteiger partial charge is 0.394 e. The Labute approximate surface area is 111 Å². The van der Waals surface area contributed by atoms with Crippen LogP contribution in [0.25, 0.3) is 11.2 Å². The van der Waals surface area contributed by atoms with Gasteiger partial charge in [-0.25, -0.2) is 4.98 Å². The van der Waals surface area contributed by atoms with Crippen molar-refractivity contribution in [3.8, 4) is 0 Å². The third kappa shape index (κ3) is 1.78. The molecule has 2 aromatic heterocycles. The van der Waals surface area contributed by atoms with E-state index in [1.807, 2.05) is 0 Å². The third-order valence-electron chi connectivity index (χ3n) is 3.24. The number of aliphatic hydroxyl groups excluding tert-OH is 3. The predicted octanol–water partition coefficient (Wildman–Crippen LogP) is -2.69. The fourth-order valence-electron chi connectivity index (χ4n) is 2.24. The smallest absolute Gasteiger partial charge is 0.280 e. The van der Waals surface area contributed by atoms with E-state index in [0.717, 1.165) is 0 Å². The molecular weight excluding hydrogens is 280 g/mol. The van der Waals surface area contributed by atoms with Gasteiger partial charge < -0.3 is 25.8 Å². The minimum absolute atomic E-state index is 0.0388. The molecule has 0 aliphatic carbocycles. The molecule has 3 rings (SSSR count). The number of H-pyrrole nitrogens is 1. The molecule has 1 aliphatic heterocycles. The van der Waals surface area contributed by atoms with Crippen LogP contribution in [0.2, 0.25) is 0 Å². The van der Waals surface area contributed by atoms with Gasteiger partial charge in [-0.3, -0.25) is 14.3 Å². The highest BCUT2D eigenvalue weighted by molar-refractivity contribution is 5.70. The lowest BCUT2D eigenvalue weighted by Gasteiger charge is -2.16. The summed E-state index contributed by atoms with van der Waals surface area (Å²) < 4.78 is 6.64. The van der Waals surface area contributed by atoms with E-state index in [1.165, 1.54) is 10.9 Å². The number of aromatic nitrogens is 4. The van der Waals surface area contributed by atoms with Crippen LogP contribution in [-0.4, -0.2) is 59.8 Å². The summed E-state index contributed by atoms with van der Waals surface area (Å²) in [5, 5.41) is 28.7. The first-order valence-electron chi connectivity index (χ1n) is 5.87. The monoisotopic (exact) mass is 293 g/mol. The number of aliphatic hydroxyl groups is 3. The molecule has 4 atom stereocenters. The fraction of sp³-hybridized carbons (Fsp3) is 0.500. The number of nitrogens with two attached hydrogens (primary N) is 1. The summed E-state index contributed by atoms with van der Waals surface area (Å²) in [6, 6.07) is 0. The maximum Gasteiger partial charge on any atom is 0.280 e. The maximum atomic E-state index is 11.7. The van der Waals surface area contributed by atoms with E-state index in [1.54, 1.807) is 0 Å². The number of fused-ring (bicyclic) bond motifs is 1. The summed E-state index contributed by atoms with van der Waals surface area (Å²) in [6.07, 6.45) is -3.21. The quantitative estimate of drug-likeness (QED) is 0.374. The maximum absolute atomic E-state index is 11.7. The summed E-state index contributed by atoms with van der Waals surface area (Å²) in [4.78, 5) is 21.8. The van der Waals surface area contributed by atoms with Crippen molar-refractivity contribution in [3.05, 3.63) is 16.7 Å². The van der Waals surface area contributed by atoms with Gasteiger partial charge in [0.25, 0.3) is 5.56 Å². The number of rotatable bonds is 2. The molecule has 1 saturated heterocycles. The topological polar surface area (TPSA) is 160 Å². The van der Waals surface area contributed by atoms with Gasteiger partial charge in [-0.2, -0.15) is 4.98 Å². The fourth-order valence-corrected chi connectivity index (χ4v) is 2.24. The molecule has 0 unspecified atom stereocenters. The normalized spacial score (nSPS) is 30.1. The van der Waals surface area contributed by atoms with Crippen molar-refractivity contribution in [2.45, 2.75) is 24.5 Å². The van der Waals surface area contributed by atoms with Crippen molar-refractivity contribution in [1.29, 1.82) is 0 Å². The second kappa shape index (κ2) is 4.52. The summed E-state index contributed by atoms with van der Waals surface area (Å²) >= 11 is 0. The molecule has 2 aromatic rings. The lowest BCUT2D eigenvalue weighted by atomic mass is 10.1. The van der Waals surface area contributed by atoms with Crippen LogP contribution in [0.3, 0.4) is 0 Å². The molecule has 0 amide bonds. The van der Waals surface area contributed by atoms with Gasteiger partial charge in [-0.05, 0) is 0 Å². The zero-order valence-corrected chi connectivity index (χ0v) is 10.2. The average Bonchev–Trinajstić information content (AvgIpc) is 2.93. The molecule has 1 fully saturated rings. The van der Waals surface area contributed by atoms with Crippen molar-refractivity contribution < 1.29 is 20.1 Å². The van der Waals surface area contributed by atoms with E-state index >= 15 is 0 Å². The SMILES string of the molecule is [15NH2][13c]1[15n][13c]2[13c]([15n][13cH][15n]2[C@@H]2O[C@H](CO)[C@@H](O)[C@H]2O)[13c](=O)[15nH]1. The average molecular weight is 293 g/mol.